The summed E-state index contributed by atoms with van der Waals surface area (Å²) in [5.74, 6) is -8.09. The quantitative estimate of drug-likeness (QED) is 0.0164. The monoisotopic (exact) mass is 1120 g/mol. The number of nitrogens with two attached hydrogens (primary N) is 7. The van der Waals surface area contributed by atoms with Crippen LogP contribution in [0.1, 0.15) is 146 Å². The Hall–Kier alpha value is -6.19. The first-order valence-corrected chi connectivity index (χ1v) is 27.9. The van der Waals surface area contributed by atoms with Crippen molar-refractivity contribution in [3.63, 3.8) is 0 Å². The van der Waals surface area contributed by atoms with Crippen LogP contribution in [0.5, 0.6) is 0 Å². The second-order valence-corrected chi connectivity index (χ2v) is 21.9. The molecule has 79 heavy (non-hydrogen) atoms. The molecule has 0 saturated heterocycles. The van der Waals surface area contributed by atoms with Crippen LogP contribution in [0.25, 0.3) is 0 Å². The molecule has 454 valence electrons. The van der Waals surface area contributed by atoms with Crippen LogP contribution >= 0.6 is 0 Å². The molecule has 27 heteroatoms. The van der Waals surface area contributed by atoms with Crippen LogP contribution in [-0.4, -0.2) is 152 Å². The van der Waals surface area contributed by atoms with E-state index in [4.69, 9.17) is 40.1 Å². The zero-order valence-electron chi connectivity index (χ0n) is 48.7. The zero-order chi connectivity index (χ0) is 60.5. The highest BCUT2D eigenvalue weighted by atomic mass is 16.2. The van der Waals surface area contributed by atoms with Gasteiger partial charge in [-0.1, -0.05) is 75.7 Å². The number of hydrogen-bond acceptors (Lipinski definition) is 15. The third-order valence-corrected chi connectivity index (χ3v) is 12.7. The maximum Gasteiger partial charge on any atom is 0.243 e. The molecule has 0 aliphatic rings. The van der Waals surface area contributed by atoms with Gasteiger partial charge >= 0.3 is 0 Å². The highest BCUT2D eigenvalue weighted by Gasteiger charge is 2.36. The molecule has 0 heterocycles. The summed E-state index contributed by atoms with van der Waals surface area (Å²) in [4.78, 5) is 141. The number of aliphatic imine (C=N–C) groups is 1. The highest BCUT2D eigenvalue weighted by molar-refractivity contribution is 5.98. The lowest BCUT2D eigenvalue weighted by Crippen LogP contribution is -2.61. The van der Waals surface area contributed by atoms with E-state index in [1.54, 1.807) is 13.8 Å². The average molecular weight is 1120 g/mol. The van der Waals surface area contributed by atoms with E-state index >= 15 is 0 Å². The van der Waals surface area contributed by atoms with Gasteiger partial charge in [-0.25, -0.2) is 0 Å². The minimum absolute atomic E-state index is 0.0151. The van der Waals surface area contributed by atoms with Crippen molar-refractivity contribution in [3.8, 4) is 0 Å². The van der Waals surface area contributed by atoms with Gasteiger partial charge in [0.1, 0.15) is 54.4 Å². The van der Waals surface area contributed by atoms with E-state index in [9.17, 15) is 47.9 Å². The van der Waals surface area contributed by atoms with Crippen molar-refractivity contribution in [1.29, 1.82) is 0 Å². The van der Waals surface area contributed by atoms with Crippen molar-refractivity contribution in [2.75, 3.05) is 32.7 Å². The van der Waals surface area contributed by atoms with Crippen LogP contribution in [0.15, 0.2) is 4.99 Å². The van der Waals surface area contributed by atoms with E-state index in [2.05, 4.69) is 52.8 Å². The molecule has 23 N–H and O–H groups in total. The number of guanidine groups is 1. The second-order valence-electron chi connectivity index (χ2n) is 21.9. The topological polar surface area (TPSA) is 473 Å². The fourth-order valence-electron chi connectivity index (χ4n) is 8.34. The number of carbonyl (C=O) groups excluding carboxylic acids is 10. The molecule has 0 saturated carbocycles. The number of hydrogen-bond donors (Lipinski definition) is 16. The smallest absolute Gasteiger partial charge is 0.243 e. The van der Waals surface area contributed by atoms with Gasteiger partial charge in [0.25, 0.3) is 0 Å². The molecule has 0 aromatic rings. The first-order chi connectivity index (χ1) is 37.0. The molecule has 0 aromatic carbocycles. The Kier molecular flexibility index (Phi) is 36.2. The molecule has 0 aliphatic heterocycles. The molecule has 0 bridgehead atoms. The molecule has 0 aliphatic carbocycles. The normalized spacial score (nSPS) is 15.2. The number of rotatable bonds is 41. The van der Waals surface area contributed by atoms with Gasteiger partial charge < -0.3 is 88.0 Å². The molecule has 0 fully saturated rings. The molecule has 27 nitrogen and oxygen atoms in total. The molecule has 0 aromatic heterocycles. The predicted molar refractivity (Wildman–Crippen MR) is 303 cm³/mol. The Labute approximate surface area is 467 Å². The van der Waals surface area contributed by atoms with Gasteiger partial charge in [-0.15, -0.1) is 0 Å². The predicted octanol–water partition coefficient (Wildman–Crippen LogP) is -3.10. The lowest BCUT2D eigenvalue weighted by Gasteiger charge is -2.30. The van der Waals surface area contributed by atoms with Crippen LogP contribution in [0.4, 0.5) is 0 Å². The number of nitrogens with zero attached hydrogens (tertiary/aromatic N) is 1. The van der Waals surface area contributed by atoms with E-state index in [0.717, 1.165) is 0 Å². The fourth-order valence-corrected chi connectivity index (χ4v) is 8.34. The minimum atomic E-state index is -1.34. The first-order valence-electron chi connectivity index (χ1n) is 27.9. The SMILES string of the molecule is CC[C@H](C)[C@H](NC(=O)[C@H](CCCN=C(N)N)NC(=O)[C@H](CCN)NC(=O)[C@H](CC(C)C)NC(=O)[C@H](CC(C)C)NC(=O)CN)C(=O)N[C@@H](CCCCN)C(=O)N[C@@H](CCN)C(=O)N[C@@H](CC(C)C)C(=O)N[C@@H](CC(C)C)C(N)=O. The van der Waals surface area contributed by atoms with Gasteiger partial charge in [0.15, 0.2) is 5.96 Å². The maximum absolute atomic E-state index is 14.4. The van der Waals surface area contributed by atoms with Crippen molar-refractivity contribution in [3.05, 3.63) is 0 Å². The molecule has 0 spiro atoms. The average Bonchev–Trinajstić information content (AvgIpc) is 3.36. The van der Waals surface area contributed by atoms with Gasteiger partial charge in [-0.2, -0.15) is 0 Å². The summed E-state index contributed by atoms with van der Waals surface area (Å²) in [5, 5.41) is 24.2. The summed E-state index contributed by atoms with van der Waals surface area (Å²) in [6.45, 7) is 18.1. The standard InChI is InChI=1S/C52H101N17O10/c1-11-32(10)42(51(79)65-33(15-12-13-19-53)44(72)63-36(18-21-55)46(74)67-40(26-31(8)9)50(78)66-37(43(57)71)23-28(2)3)69-47(75)34(16-14-22-60-52(58)59)62-45(73)35(17-20-54)64-49(77)39(25-30(6)7)68-48(76)38(24-29(4)5)61-41(70)27-56/h28-40,42H,11-27,53-56H2,1-10H3,(H2,57,71)(H,61,70)(H,62,73)(H,63,72)(H,64,77)(H,65,79)(H,66,78)(H,67,74)(H,68,76)(H,69,75)(H4,58,59,60)/t32-,33-,34-,35-,36-,37-,38-,39-,40-,42-/m0/s1. The first kappa shape index (κ1) is 72.8. The lowest BCUT2D eigenvalue weighted by atomic mass is 9.96. The molecule has 0 unspecified atom stereocenters. The Bertz CT molecular complexity index is 1970. The third kappa shape index (κ3) is 30.1. The fraction of sp³-hybridized carbons (Fsp3) is 0.788. The summed E-state index contributed by atoms with van der Waals surface area (Å²) in [7, 11) is 0. The van der Waals surface area contributed by atoms with Gasteiger partial charge in [-0.05, 0) is 120 Å². The van der Waals surface area contributed by atoms with Crippen LogP contribution in [0.3, 0.4) is 0 Å². The van der Waals surface area contributed by atoms with Gasteiger partial charge in [0.2, 0.25) is 59.1 Å². The highest BCUT2D eigenvalue weighted by Crippen LogP contribution is 2.15. The van der Waals surface area contributed by atoms with E-state index in [1.165, 1.54) is 0 Å². The lowest BCUT2D eigenvalue weighted by molar-refractivity contribution is -0.136. The summed E-state index contributed by atoms with van der Waals surface area (Å²) < 4.78 is 0. The van der Waals surface area contributed by atoms with Crippen molar-refractivity contribution in [2.45, 2.75) is 201 Å². The summed E-state index contributed by atoms with van der Waals surface area (Å²) >= 11 is 0. The Morgan fingerprint density at radius 1 is 0.380 bits per heavy atom. The van der Waals surface area contributed by atoms with Gasteiger partial charge in [0, 0.05) is 6.54 Å². The number of unbranched alkanes of at least 4 members (excludes halogenated alkanes) is 1. The number of amides is 10. The molecule has 10 amide bonds. The number of carbonyl (C=O) groups is 10. The van der Waals surface area contributed by atoms with Crippen molar-refractivity contribution in [2.24, 2.45) is 74.7 Å². The molecular weight excluding hydrogens is 1020 g/mol. The summed E-state index contributed by atoms with van der Waals surface area (Å²) in [5.41, 5.74) is 39.8. The van der Waals surface area contributed by atoms with E-state index < -0.39 is 119 Å². The van der Waals surface area contributed by atoms with E-state index in [-0.39, 0.29) is 120 Å². The molecule has 10 atom stereocenters. The van der Waals surface area contributed by atoms with Crippen LogP contribution < -0.4 is 88.0 Å². The maximum atomic E-state index is 14.4. The van der Waals surface area contributed by atoms with Crippen molar-refractivity contribution < 1.29 is 47.9 Å². The minimum Gasteiger partial charge on any atom is -0.370 e. The van der Waals surface area contributed by atoms with Crippen LogP contribution in [0, 0.1) is 29.6 Å². The largest absolute Gasteiger partial charge is 0.370 e. The summed E-state index contributed by atoms with van der Waals surface area (Å²) in [6.07, 6.45) is 2.10. The van der Waals surface area contributed by atoms with Crippen molar-refractivity contribution in [1.82, 2.24) is 47.9 Å². The van der Waals surface area contributed by atoms with Crippen LogP contribution in [-0.2, 0) is 47.9 Å². The number of nitrogens with one attached hydrogen (secondary N) is 9. The Morgan fingerprint density at radius 3 is 1.06 bits per heavy atom. The van der Waals surface area contributed by atoms with Crippen molar-refractivity contribution >= 4 is 65.0 Å². The third-order valence-electron chi connectivity index (χ3n) is 12.7. The Balaban J connectivity index is 6.88. The van der Waals surface area contributed by atoms with Gasteiger partial charge in [0.05, 0.1) is 6.54 Å². The second kappa shape index (κ2) is 39.2. The molecular formula is C52H101N17O10. The molecule has 0 rings (SSSR count). The molecule has 0 radical (unpaired) electrons. The van der Waals surface area contributed by atoms with Crippen LogP contribution in [0.2, 0.25) is 0 Å². The van der Waals surface area contributed by atoms with Gasteiger partial charge in [-0.3, -0.25) is 52.9 Å². The Morgan fingerprint density at radius 2 is 0.709 bits per heavy atom. The summed E-state index contributed by atoms with van der Waals surface area (Å²) in [6, 6.07) is -10.7. The zero-order valence-corrected chi connectivity index (χ0v) is 48.7. The number of primary amides is 1. The van der Waals surface area contributed by atoms with E-state index in [0.29, 0.717) is 19.3 Å². The van der Waals surface area contributed by atoms with E-state index in [1.807, 2.05) is 55.4 Å².